The Morgan fingerprint density at radius 2 is 1.94 bits per heavy atom. The van der Waals surface area contributed by atoms with Crippen molar-refractivity contribution in [2.24, 2.45) is 10.2 Å². The summed E-state index contributed by atoms with van der Waals surface area (Å²) in [5.74, 6) is -0.260. The molecule has 0 spiro atoms. The average Bonchev–Trinajstić information content (AvgIpc) is 3.65. The van der Waals surface area contributed by atoms with Gasteiger partial charge in [-0.3, -0.25) is 14.8 Å². The van der Waals surface area contributed by atoms with Gasteiger partial charge in [-0.25, -0.2) is 0 Å². The molecule has 31 heavy (non-hydrogen) atoms. The van der Waals surface area contributed by atoms with Crippen molar-refractivity contribution in [1.82, 2.24) is 14.9 Å². The molecule has 0 atom stereocenters. The number of nitrogens with one attached hydrogen (secondary N) is 1. The van der Waals surface area contributed by atoms with Gasteiger partial charge in [0, 0.05) is 40.9 Å². The number of aromatic nitrogens is 2. The van der Waals surface area contributed by atoms with Crippen molar-refractivity contribution in [3.05, 3.63) is 77.9 Å². The smallest absolute Gasteiger partial charge is 0.274 e. The van der Waals surface area contributed by atoms with Gasteiger partial charge < -0.3 is 10.2 Å². The van der Waals surface area contributed by atoms with Crippen molar-refractivity contribution in [3.8, 4) is 11.1 Å². The van der Waals surface area contributed by atoms with Crippen LogP contribution in [-0.2, 0) is 0 Å². The lowest BCUT2D eigenvalue weighted by Gasteiger charge is -2.22. The van der Waals surface area contributed by atoms with E-state index in [1.165, 1.54) is 12.8 Å². The number of anilines is 1. The Labute approximate surface area is 180 Å². The molecule has 7 heteroatoms. The second-order valence-corrected chi connectivity index (χ2v) is 7.78. The molecule has 0 radical (unpaired) electrons. The molecule has 1 aliphatic heterocycles. The Kier molecular flexibility index (Phi) is 5.00. The van der Waals surface area contributed by atoms with Crippen molar-refractivity contribution in [2.75, 3.05) is 11.9 Å². The number of amides is 1. The van der Waals surface area contributed by atoms with E-state index >= 15 is 0 Å². The minimum Gasteiger partial charge on any atom is -0.352 e. The van der Waals surface area contributed by atoms with Crippen LogP contribution in [0.5, 0.6) is 0 Å². The van der Waals surface area contributed by atoms with Gasteiger partial charge >= 0.3 is 0 Å². The van der Waals surface area contributed by atoms with E-state index in [1.54, 1.807) is 18.5 Å². The highest BCUT2D eigenvalue weighted by atomic mass is 16.1. The van der Waals surface area contributed by atoms with E-state index in [4.69, 9.17) is 0 Å². The molecule has 1 aromatic carbocycles. The quantitative estimate of drug-likeness (QED) is 0.691. The van der Waals surface area contributed by atoms with E-state index in [-0.39, 0.29) is 5.91 Å². The van der Waals surface area contributed by atoms with Crippen LogP contribution in [0.4, 0.5) is 5.69 Å². The maximum absolute atomic E-state index is 12.9. The number of pyridine rings is 2. The molecule has 1 aliphatic carbocycles. The zero-order valence-corrected chi connectivity index (χ0v) is 17.2. The lowest BCUT2D eigenvalue weighted by atomic mass is 10.0. The third-order valence-corrected chi connectivity index (χ3v) is 5.49. The molecular formula is C24H22N6O. The third kappa shape index (κ3) is 4.21. The van der Waals surface area contributed by atoms with Gasteiger partial charge in [-0.1, -0.05) is 18.2 Å². The van der Waals surface area contributed by atoms with E-state index in [1.807, 2.05) is 55.7 Å². The van der Waals surface area contributed by atoms with E-state index < -0.39 is 0 Å². The van der Waals surface area contributed by atoms with Crippen LogP contribution < -0.4 is 5.32 Å². The van der Waals surface area contributed by atoms with Crippen molar-refractivity contribution >= 4 is 23.6 Å². The first kappa shape index (κ1) is 19.1. The van der Waals surface area contributed by atoms with Gasteiger partial charge in [0.2, 0.25) is 0 Å². The Bertz CT molecular complexity index is 1200. The fraction of sp³-hybridized carbons (Fsp3) is 0.208. The molecule has 1 amide bonds. The Morgan fingerprint density at radius 1 is 1.03 bits per heavy atom. The Hall–Kier alpha value is -3.87. The summed E-state index contributed by atoms with van der Waals surface area (Å²) in [5, 5.41) is 11.4. The molecule has 2 aliphatic rings. The topological polar surface area (TPSA) is 82.8 Å². The first-order chi connectivity index (χ1) is 15.2. The first-order valence-electron chi connectivity index (χ1n) is 10.3. The molecule has 1 saturated carbocycles. The number of aryl methyl sites for hydroxylation is 1. The van der Waals surface area contributed by atoms with Crippen LogP contribution in [-0.4, -0.2) is 45.4 Å². The highest BCUT2D eigenvalue weighted by Crippen LogP contribution is 2.27. The monoisotopic (exact) mass is 410 g/mol. The molecule has 0 unspecified atom stereocenters. The molecule has 1 fully saturated rings. The standard InChI is InChI=1S/C24H22N6O/c1-16-21(6-3-10-25-16)17-9-11-26-22(13-17)24(31)28-19-5-2-4-18(12-19)23-14-30(15-27-29-23)20-7-8-20/h2-6,9-13,15,20H,7-8,14H2,1H3,(H,28,31). The summed E-state index contributed by atoms with van der Waals surface area (Å²) < 4.78 is 0. The minimum atomic E-state index is -0.260. The van der Waals surface area contributed by atoms with Crippen LogP contribution in [0.25, 0.3) is 11.1 Å². The number of benzene rings is 1. The Balaban J connectivity index is 1.34. The second-order valence-electron chi connectivity index (χ2n) is 7.78. The normalized spacial score (nSPS) is 15.5. The number of hydrogen-bond donors (Lipinski definition) is 1. The summed E-state index contributed by atoms with van der Waals surface area (Å²) in [6.45, 7) is 2.68. The van der Waals surface area contributed by atoms with Crippen molar-refractivity contribution in [1.29, 1.82) is 0 Å². The van der Waals surface area contributed by atoms with Crippen molar-refractivity contribution in [3.63, 3.8) is 0 Å². The first-order valence-corrected chi connectivity index (χ1v) is 10.3. The van der Waals surface area contributed by atoms with Crippen LogP contribution in [0.2, 0.25) is 0 Å². The van der Waals surface area contributed by atoms with Gasteiger partial charge in [0.15, 0.2) is 0 Å². The second kappa shape index (κ2) is 8.10. The van der Waals surface area contributed by atoms with Gasteiger partial charge in [-0.2, -0.15) is 5.10 Å². The highest BCUT2D eigenvalue weighted by Gasteiger charge is 2.29. The molecule has 3 heterocycles. The summed E-state index contributed by atoms with van der Waals surface area (Å²) >= 11 is 0. The molecule has 0 saturated heterocycles. The van der Waals surface area contributed by atoms with Gasteiger partial charge in [0.05, 0.1) is 12.3 Å². The number of carbonyl (C=O) groups excluding carboxylic acids is 1. The summed E-state index contributed by atoms with van der Waals surface area (Å²) in [7, 11) is 0. The number of carbonyl (C=O) groups is 1. The molecule has 154 valence electrons. The summed E-state index contributed by atoms with van der Waals surface area (Å²) in [6, 6.07) is 15.8. The maximum atomic E-state index is 12.9. The van der Waals surface area contributed by atoms with Gasteiger partial charge in [0.25, 0.3) is 5.91 Å². The fourth-order valence-corrected chi connectivity index (χ4v) is 3.67. The SMILES string of the molecule is Cc1ncccc1-c1ccnc(C(=O)Nc2cccc(C3=NN=CN(C4CC4)C3)c2)c1. The molecule has 7 nitrogen and oxygen atoms in total. The molecule has 3 aromatic rings. The van der Waals surface area contributed by atoms with E-state index in [0.29, 0.717) is 17.4 Å². The van der Waals surface area contributed by atoms with Crippen LogP contribution in [0.15, 0.2) is 71.1 Å². The molecule has 5 rings (SSSR count). The summed E-state index contributed by atoms with van der Waals surface area (Å²) in [4.78, 5) is 23.7. The molecule has 0 bridgehead atoms. The predicted molar refractivity (Wildman–Crippen MR) is 121 cm³/mol. The van der Waals surface area contributed by atoms with E-state index in [9.17, 15) is 4.79 Å². The molecule has 2 aromatic heterocycles. The number of nitrogens with zero attached hydrogens (tertiary/aromatic N) is 5. The van der Waals surface area contributed by atoms with Crippen molar-refractivity contribution in [2.45, 2.75) is 25.8 Å². The lowest BCUT2D eigenvalue weighted by Crippen LogP contribution is -2.33. The fourth-order valence-electron chi connectivity index (χ4n) is 3.67. The molecular weight excluding hydrogens is 388 g/mol. The molecule has 1 N–H and O–H groups in total. The highest BCUT2D eigenvalue weighted by molar-refractivity contribution is 6.07. The predicted octanol–water partition coefficient (Wildman–Crippen LogP) is 3.91. The third-order valence-electron chi connectivity index (χ3n) is 5.49. The maximum Gasteiger partial charge on any atom is 0.274 e. The number of rotatable bonds is 5. The summed E-state index contributed by atoms with van der Waals surface area (Å²) in [6.07, 6.45) is 7.64. The van der Waals surface area contributed by atoms with Crippen LogP contribution in [0.3, 0.4) is 0 Å². The van der Waals surface area contributed by atoms with E-state index in [2.05, 4.69) is 30.4 Å². The lowest BCUT2D eigenvalue weighted by molar-refractivity contribution is 0.102. The van der Waals surface area contributed by atoms with Gasteiger partial charge in [0.1, 0.15) is 12.0 Å². The minimum absolute atomic E-state index is 0.260. The van der Waals surface area contributed by atoms with Gasteiger partial charge in [-0.15, -0.1) is 5.10 Å². The largest absolute Gasteiger partial charge is 0.352 e. The van der Waals surface area contributed by atoms with Crippen LogP contribution in [0.1, 0.15) is 34.6 Å². The van der Waals surface area contributed by atoms with Crippen LogP contribution >= 0.6 is 0 Å². The zero-order valence-electron chi connectivity index (χ0n) is 17.2. The number of hydrogen-bond acceptors (Lipinski definition) is 6. The van der Waals surface area contributed by atoms with Crippen molar-refractivity contribution < 1.29 is 4.79 Å². The zero-order chi connectivity index (χ0) is 21.2. The van der Waals surface area contributed by atoms with Gasteiger partial charge in [-0.05, 0) is 55.7 Å². The average molecular weight is 410 g/mol. The van der Waals surface area contributed by atoms with E-state index in [0.717, 1.165) is 34.6 Å². The van der Waals surface area contributed by atoms with Crippen LogP contribution in [0, 0.1) is 6.92 Å². The summed E-state index contributed by atoms with van der Waals surface area (Å²) in [5.41, 5.74) is 5.70. The Morgan fingerprint density at radius 3 is 2.77 bits per heavy atom.